The quantitative estimate of drug-likeness (QED) is 0.529. The van der Waals surface area contributed by atoms with E-state index in [1.54, 1.807) is 17.4 Å². The number of carbonyl (C=O) groups excluding carboxylic acids is 2. The van der Waals surface area contributed by atoms with Gasteiger partial charge in [-0.05, 0) is 63.9 Å². The van der Waals surface area contributed by atoms with Crippen molar-refractivity contribution in [3.63, 3.8) is 0 Å². The minimum Gasteiger partial charge on any atom is -0.444 e. The molecular formula is C21H35NO4S. The van der Waals surface area contributed by atoms with Crippen LogP contribution < -0.4 is 0 Å². The van der Waals surface area contributed by atoms with Crippen molar-refractivity contribution in [1.29, 1.82) is 0 Å². The van der Waals surface area contributed by atoms with E-state index in [-0.39, 0.29) is 22.2 Å². The lowest BCUT2D eigenvalue weighted by molar-refractivity contribution is -0.123. The average Bonchev–Trinajstić information content (AvgIpc) is 2.43. The first-order chi connectivity index (χ1) is 11.9. The Hall–Kier alpha value is -1.48. The molecule has 1 aliphatic rings. The molecule has 0 aromatic rings. The molecule has 154 valence electrons. The summed E-state index contributed by atoms with van der Waals surface area (Å²) in [5.74, 6) is 5.82. The largest absolute Gasteiger partial charge is 0.444 e. The van der Waals surface area contributed by atoms with Crippen LogP contribution in [0, 0.1) is 22.7 Å². The molecular weight excluding hydrogens is 362 g/mol. The van der Waals surface area contributed by atoms with Crippen molar-refractivity contribution in [3.8, 4) is 11.8 Å². The van der Waals surface area contributed by atoms with Crippen LogP contribution in [0.1, 0.15) is 61.3 Å². The third kappa shape index (κ3) is 7.21. The number of hydrogen-bond donors (Lipinski definition) is 0. The fraction of sp³-hybridized carbons (Fsp3) is 0.762. The predicted molar refractivity (Wildman–Crippen MR) is 112 cm³/mol. The van der Waals surface area contributed by atoms with Crippen molar-refractivity contribution in [3.05, 3.63) is 0 Å². The minimum absolute atomic E-state index is 0.155. The molecule has 0 atom stereocenters. The van der Waals surface area contributed by atoms with E-state index in [1.807, 2.05) is 48.5 Å². The molecule has 1 fully saturated rings. The minimum atomic E-state index is -2.49. The second-order valence-electron chi connectivity index (χ2n) is 9.92. The van der Waals surface area contributed by atoms with Gasteiger partial charge in [-0.25, -0.2) is 4.79 Å². The molecule has 1 aliphatic heterocycles. The van der Waals surface area contributed by atoms with Crippen LogP contribution in [-0.2, 0) is 19.1 Å². The summed E-state index contributed by atoms with van der Waals surface area (Å²) < 4.78 is 18.1. The zero-order valence-corrected chi connectivity index (χ0v) is 19.1. The van der Waals surface area contributed by atoms with Gasteiger partial charge in [0, 0.05) is 36.4 Å². The van der Waals surface area contributed by atoms with Crippen molar-refractivity contribution in [1.82, 2.24) is 4.90 Å². The van der Waals surface area contributed by atoms with Crippen LogP contribution in [-0.4, -0.2) is 57.1 Å². The summed E-state index contributed by atoms with van der Waals surface area (Å²) in [7, 11) is -2.49. The molecule has 0 spiro atoms. The van der Waals surface area contributed by atoms with Crippen molar-refractivity contribution in [2.24, 2.45) is 10.8 Å². The van der Waals surface area contributed by atoms with Crippen LogP contribution in [0.5, 0.6) is 0 Å². The van der Waals surface area contributed by atoms with E-state index in [0.29, 0.717) is 25.9 Å². The summed E-state index contributed by atoms with van der Waals surface area (Å²) in [6.07, 6.45) is 3.78. The first kappa shape index (κ1) is 23.6. The average molecular weight is 398 g/mol. The van der Waals surface area contributed by atoms with Crippen molar-refractivity contribution < 1.29 is 18.5 Å². The first-order valence-corrected chi connectivity index (χ1v) is 11.7. The molecule has 5 nitrogen and oxygen atoms in total. The van der Waals surface area contributed by atoms with Gasteiger partial charge in [-0.3, -0.25) is 9.00 Å². The van der Waals surface area contributed by atoms with Crippen molar-refractivity contribution in [2.75, 3.05) is 25.6 Å². The third-order valence-corrected chi connectivity index (χ3v) is 5.59. The highest BCUT2D eigenvalue weighted by molar-refractivity contribution is 8.02. The van der Waals surface area contributed by atoms with Gasteiger partial charge in [0.05, 0.1) is 0 Å². The summed E-state index contributed by atoms with van der Waals surface area (Å²) in [6, 6.07) is 0. The topological polar surface area (TPSA) is 63.7 Å². The number of hydrogen-bond acceptors (Lipinski definition) is 4. The number of piperidine rings is 1. The Morgan fingerprint density at radius 1 is 1.04 bits per heavy atom. The summed E-state index contributed by atoms with van der Waals surface area (Å²) in [6.45, 7) is 14.1. The molecule has 0 bridgehead atoms. The molecule has 1 heterocycles. The van der Waals surface area contributed by atoms with E-state index in [2.05, 4.69) is 11.8 Å². The molecule has 6 heteroatoms. The van der Waals surface area contributed by atoms with Crippen LogP contribution in [0.4, 0.5) is 4.79 Å². The second-order valence-corrected chi connectivity index (χ2v) is 12.8. The summed E-state index contributed by atoms with van der Waals surface area (Å²) in [5, 5.41) is 0. The monoisotopic (exact) mass is 397 g/mol. The van der Waals surface area contributed by atoms with Crippen LogP contribution in [0.25, 0.3) is 0 Å². The highest BCUT2D eigenvalue weighted by Gasteiger charge is 2.41. The van der Waals surface area contributed by atoms with Crippen LogP contribution in [0.3, 0.4) is 0 Å². The number of nitrogens with zero attached hydrogens (tertiary/aromatic N) is 1. The Morgan fingerprint density at radius 2 is 1.52 bits per heavy atom. The number of ether oxygens (including phenoxy) is 1. The first-order valence-electron chi connectivity index (χ1n) is 9.32. The number of Topliss-reactive ketones (excluding diaryl/α,β-unsaturated/α-hetero) is 1. The molecule has 1 rings (SSSR count). The predicted octanol–water partition coefficient (Wildman–Crippen LogP) is 3.36. The zero-order valence-electron chi connectivity index (χ0n) is 18.3. The number of amides is 1. The lowest BCUT2D eigenvalue weighted by Crippen LogP contribution is -2.48. The second kappa shape index (κ2) is 7.87. The van der Waals surface area contributed by atoms with E-state index >= 15 is 0 Å². The van der Waals surface area contributed by atoms with Crippen molar-refractivity contribution in [2.45, 2.75) is 66.9 Å². The normalized spacial score (nSPS) is 17.6. The molecule has 0 aromatic carbocycles. The highest BCUT2D eigenvalue weighted by Crippen LogP contribution is 2.33. The number of rotatable bonds is 2. The van der Waals surface area contributed by atoms with E-state index < -0.39 is 20.5 Å². The lowest BCUT2D eigenvalue weighted by atomic mass is 9.75. The Morgan fingerprint density at radius 3 is 1.89 bits per heavy atom. The van der Waals surface area contributed by atoms with Gasteiger partial charge in [-0.2, -0.15) is 0 Å². The van der Waals surface area contributed by atoms with Gasteiger partial charge < -0.3 is 9.64 Å². The summed E-state index contributed by atoms with van der Waals surface area (Å²) in [4.78, 5) is 27.3. The zero-order chi connectivity index (χ0) is 21.3. The SMILES string of the molecule is CC(C)(C)C#CC(C(=O)C1(C)CCN(C(=O)OC(C)(C)C)CC1)=S(C)(C)=O. The van der Waals surface area contributed by atoms with E-state index in [0.717, 1.165) is 0 Å². The van der Waals surface area contributed by atoms with Gasteiger partial charge in [0.1, 0.15) is 10.5 Å². The fourth-order valence-corrected chi connectivity index (χ4v) is 3.65. The number of likely N-dealkylation sites (tertiary alicyclic amines) is 1. The van der Waals surface area contributed by atoms with Gasteiger partial charge in [-0.15, -0.1) is 0 Å². The molecule has 0 unspecified atom stereocenters. The van der Waals surface area contributed by atoms with E-state index in [1.165, 1.54) is 0 Å². The van der Waals surface area contributed by atoms with Crippen molar-refractivity contribution >= 4 is 26.3 Å². The Bertz CT molecular complexity index is 762. The van der Waals surface area contributed by atoms with Gasteiger partial charge in [-0.1, -0.05) is 18.8 Å². The number of carbonyl (C=O) groups is 2. The third-order valence-electron chi connectivity index (χ3n) is 4.32. The Kier molecular flexibility index (Phi) is 6.87. The molecule has 0 radical (unpaired) electrons. The maximum atomic E-state index is 13.2. The molecule has 0 aliphatic carbocycles. The van der Waals surface area contributed by atoms with Gasteiger partial charge >= 0.3 is 6.09 Å². The van der Waals surface area contributed by atoms with Gasteiger partial charge in [0.2, 0.25) is 0 Å². The number of ketones is 1. The summed E-state index contributed by atoms with van der Waals surface area (Å²) >= 11 is 0. The molecule has 0 aromatic heterocycles. The maximum Gasteiger partial charge on any atom is 0.410 e. The molecule has 0 N–H and O–H groups in total. The standard InChI is InChI=1S/C21H35NO4S/c1-19(2,3)11-10-16(27(8,9)25)17(23)21(7)12-14-22(15-13-21)18(24)26-20(4,5)6/h12-15H2,1-9H3. The van der Waals surface area contributed by atoms with Gasteiger partial charge in [0.25, 0.3) is 0 Å². The summed E-state index contributed by atoms with van der Waals surface area (Å²) in [5.41, 5.74) is -1.50. The Labute approximate surface area is 165 Å². The van der Waals surface area contributed by atoms with E-state index in [4.69, 9.17) is 4.74 Å². The van der Waals surface area contributed by atoms with Crippen LogP contribution in [0.2, 0.25) is 0 Å². The molecule has 1 amide bonds. The highest BCUT2D eigenvalue weighted by atomic mass is 32.2. The lowest BCUT2D eigenvalue weighted by Gasteiger charge is -2.38. The van der Waals surface area contributed by atoms with Gasteiger partial charge in [0.15, 0.2) is 5.78 Å². The van der Waals surface area contributed by atoms with Crippen LogP contribution in [0.15, 0.2) is 0 Å². The van der Waals surface area contributed by atoms with Crippen LogP contribution >= 0.6 is 0 Å². The van der Waals surface area contributed by atoms with E-state index in [9.17, 15) is 13.8 Å². The molecule has 1 saturated heterocycles. The Balaban J connectivity index is 3.02. The molecule has 27 heavy (non-hydrogen) atoms. The smallest absolute Gasteiger partial charge is 0.410 e. The fourth-order valence-electron chi connectivity index (χ4n) is 2.66. The maximum absolute atomic E-state index is 13.2. The molecule has 0 saturated carbocycles.